The standard InChI is InChI=1S/C22H29NO4S/c1-5-17(6-2)15-28(25,26)23-22(24)19-12-8-10-14-21(19)27-20-13-9-7-11-18(20)16(3)4/h7-14,16-17H,5-6,15H2,1-4H3,(H,23,24). The van der Waals surface area contributed by atoms with Gasteiger partial charge in [-0.05, 0) is 35.6 Å². The second-order valence-corrected chi connectivity index (χ2v) is 8.95. The van der Waals surface area contributed by atoms with Crippen LogP contribution in [-0.4, -0.2) is 20.1 Å². The molecule has 2 aromatic carbocycles. The van der Waals surface area contributed by atoms with Crippen LogP contribution in [0.3, 0.4) is 0 Å². The van der Waals surface area contributed by atoms with Crippen LogP contribution in [0.4, 0.5) is 0 Å². The van der Waals surface area contributed by atoms with Gasteiger partial charge in [0.15, 0.2) is 0 Å². The van der Waals surface area contributed by atoms with E-state index in [-0.39, 0.29) is 23.2 Å². The SMILES string of the molecule is CCC(CC)CS(=O)(=O)NC(=O)c1ccccc1Oc1ccccc1C(C)C. The van der Waals surface area contributed by atoms with Gasteiger partial charge in [0.1, 0.15) is 11.5 Å². The van der Waals surface area contributed by atoms with Gasteiger partial charge in [-0.25, -0.2) is 13.1 Å². The van der Waals surface area contributed by atoms with Gasteiger partial charge in [0, 0.05) is 0 Å². The Bertz CT molecular complexity index is 902. The highest BCUT2D eigenvalue weighted by Gasteiger charge is 2.22. The second-order valence-electron chi connectivity index (χ2n) is 7.19. The lowest BCUT2D eigenvalue weighted by molar-refractivity contribution is 0.0979. The summed E-state index contributed by atoms with van der Waals surface area (Å²) in [6.07, 6.45) is 1.49. The van der Waals surface area contributed by atoms with Crippen LogP contribution < -0.4 is 9.46 Å². The molecule has 0 fully saturated rings. The van der Waals surface area contributed by atoms with Crippen molar-refractivity contribution in [2.75, 3.05) is 5.75 Å². The quantitative estimate of drug-likeness (QED) is 0.632. The molecule has 5 nitrogen and oxygen atoms in total. The van der Waals surface area contributed by atoms with Crippen LogP contribution in [0.5, 0.6) is 11.5 Å². The lowest BCUT2D eigenvalue weighted by atomic mass is 10.0. The highest BCUT2D eigenvalue weighted by atomic mass is 32.2. The number of ether oxygens (including phenoxy) is 1. The Morgan fingerprint density at radius 1 is 0.964 bits per heavy atom. The first-order valence-electron chi connectivity index (χ1n) is 9.68. The fraction of sp³-hybridized carbons (Fsp3) is 0.409. The summed E-state index contributed by atoms with van der Waals surface area (Å²) < 4.78 is 33.0. The zero-order chi connectivity index (χ0) is 20.7. The second kappa shape index (κ2) is 9.73. The van der Waals surface area contributed by atoms with E-state index in [1.54, 1.807) is 24.3 Å². The van der Waals surface area contributed by atoms with Gasteiger partial charge in [0.25, 0.3) is 5.91 Å². The molecule has 0 bridgehead atoms. The number of para-hydroxylation sites is 2. The van der Waals surface area contributed by atoms with Crippen molar-refractivity contribution in [3.8, 4) is 11.5 Å². The molecule has 0 unspecified atom stereocenters. The van der Waals surface area contributed by atoms with Gasteiger partial charge in [0.05, 0.1) is 11.3 Å². The zero-order valence-corrected chi connectivity index (χ0v) is 17.8. The molecule has 0 spiro atoms. The molecular formula is C22H29NO4S. The normalized spacial score (nSPS) is 11.6. The van der Waals surface area contributed by atoms with Crippen LogP contribution in [0, 0.1) is 5.92 Å². The maximum absolute atomic E-state index is 12.7. The van der Waals surface area contributed by atoms with Crippen LogP contribution in [0.2, 0.25) is 0 Å². The maximum atomic E-state index is 12.7. The smallest absolute Gasteiger partial charge is 0.268 e. The molecular weight excluding hydrogens is 374 g/mol. The van der Waals surface area contributed by atoms with Gasteiger partial charge in [-0.2, -0.15) is 0 Å². The summed E-state index contributed by atoms with van der Waals surface area (Å²) >= 11 is 0. The molecule has 0 aliphatic heterocycles. The van der Waals surface area contributed by atoms with Crippen molar-refractivity contribution in [1.82, 2.24) is 4.72 Å². The van der Waals surface area contributed by atoms with E-state index in [1.807, 2.05) is 38.1 Å². The van der Waals surface area contributed by atoms with E-state index in [1.165, 1.54) is 0 Å². The zero-order valence-electron chi connectivity index (χ0n) is 16.9. The Morgan fingerprint density at radius 3 is 2.14 bits per heavy atom. The Labute approximate surface area is 168 Å². The van der Waals surface area contributed by atoms with E-state index in [0.29, 0.717) is 11.5 Å². The Kier molecular flexibility index (Phi) is 7.63. The minimum Gasteiger partial charge on any atom is -0.456 e. The monoisotopic (exact) mass is 403 g/mol. The molecule has 152 valence electrons. The molecule has 2 rings (SSSR count). The largest absolute Gasteiger partial charge is 0.456 e. The molecule has 0 aliphatic carbocycles. The molecule has 0 aliphatic rings. The molecule has 0 saturated heterocycles. The number of hydrogen-bond acceptors (Lipinski definition) is 4. The third-order valence-corrected chi connectivity index (χ3v) is 6.16. The number of benzene rings is 2. The third-order valence-electron chi connectivity index (χ3n) is 4.75. The lowest BCUT2D eigenvalue weighted by Gasteiger charge is -2.16. The van der Waals surface area contributed by atoms with Crippen molar-refractivity contribution in [3.05, 3.63) is 59.7 Å². The highest BCUT2D eigenvalue weighted by Crippen LogP contribution is 2.32. The summed E-state index contributed by atoms with van der Waals surface area (Å²) in [5.74, 6) is 0.504. The van der Waals surface area contributed by atoms with Crippen LogP contribution in [0.15, 0.2) is 48.5 Å². The van der Waals surface area contributed by atoms with E-state index >= 15 is 0 Å². The van der Waals surface area contributed by atoms with Crippen molar-refractivity contribution in [2.45, 2.75) is 46.5 Å². The number of rotatable bonds is 9. The summed E-state index contributed by atoms with van der Waals surface area (Å²) in [5.41, 5.74) is 1.20. The van der Waals surface area contributed by atoms with Crippen molar-refractivity contribution >= 4 is 15.9 Å². The Balaban J connectivity index is 2.26. The summed E-state index contributed by atoms with van der Waals surface area (Å²) in [6.45, 7) is 8.01. The minimum absolute atomic E-state index is 0.0229. The molecule has 0 heterocycles. The molecule has 1 N–H and O–H groups in total. The Morgan fingerprint density at radius 2 is 1.54 bits per heavy atom. The predicted octanol–water partition coefficient (Wildman–Crippen LogP) is 5.10. The summed E-state index contributed by atoms with van der Waals surface area (Å²) in [5, 5.41) is 0. The van der Waals surface area contributed by atoms with Gasteiger partial charge in [-0.15, -0.1) is 0 Å². The van der Waals surface area contributed by atoms with Gasteiger partial charge in [-0.1, -0.05) is 70.9 Å². The van der Waals surface area contributed by atoms with Crippen molar-refractivity contribution < 1.29 is 17.9 Å². The fourth-order valence-electron chi connectivity index (χ4n) is 2.98. The minimum atomic E-state index is -3.72. The molecule has 0 saturated carbocycles. The molecule has 0 radical (unpaired) electrons. The van der Waals surface area contributed by atoms with Crippen molar-refractivity contribution in [1.29, 1.82) is 0 Å². The van der Waals surface area contributed by atoms with Crippen LogP contribution >= 0.6 is 0 Å². The first kappa shape index (κ1) is 22.0. The molecule has 6 heteroatoms. The fourth-order valence-corrected chi connectivity index (χ4v) is 4.55. The third kappa shape index (κ3) is 5.83. The molecule has 0 aromatic heterocycles. The van der Waals surface area contributed by atoms with Gasteiger partial charge in [0.2, 0.25) is 10.0 Å². The van der Waals surface area contributed by atoms with E-state index in [9.17, 15) is 13.2 Å². The van der Waals surface area contributed by atoms with E-state index in [0.717, 1.165) is 18.4 Å². The molecule has 2 aromatic rings. The number of carbonyl (C=O) groups is 1. The van der Waals surface area contributed by atoms with Crippen LogP contribution in [-0.2, 0) is 10.0 Å². The summed E-state index contributed by atoms with van der Waals surface area (Å²) in [6, 6.07) is 14.3. The summed E-state index contributed by atoms with van der Waals surface area (Å²) in [4.78, 5) is 12.7. The lowest BCUT2D eigenvalue weighted by Crippen LogP contribution is -2.34. The van der Waals surface area contributed by atoms with Crippen molar-refractivity contribution in [3.63, 3.8) is 0 Å². The predicted molar refractivity (Wildman–Crippen MR) is 112 cm³/mol. The van der Waals surface area contributed by atoms with Crippen molar-refractivity contribution in [2.24, 2.45) is 5.92 Å². The molecule has 28 heavy (non-hydrogen) atoms. The van der Waals surface area contributed by atoms with Crippen LogP contribution in [0.1, 0.15) is 62.4 Å². The van der Waals surface area contributed by atoms with Gasteiger partial charge >= 0.3 is 0 Å². The number of sulfonamides is 1. The van der Waals surface area contributed by atoms with E-state index < -0.39 is 15.9 Å². The number of hydrogen-bond donors (Lipinski definition) is 1. The number of carbonyl (C=O) groups excluding carboxylic acids is 1. The van der Waals surface area contributed by atoms with E-state index in [2.05, 4.69) is 18.6 Å². The Hall–Kier alpha value is -2.34. The maximum Gasteiger partial charge on any atom is 0.268 e. The van der Waals surface area contributed by atoms with Gasteiger partial charge in [-0.3, -0.25) is 4.79 Å². The number of amides is 1. The molecule has 1 amide bonds. The highest BCUT2D eigenvalue weighted by molar-refractivity contribution is 7.90. The van der Waals surface area contributed by atoms with Gasteiger partial charge < -0.3 is 4.74 Å². The molecule has 0 atom stereocenters. The summed E-state index contributed by atoms with van der Waals surface area (Å²) in [7, 11) is -3.72. The number of nitrogens with one attached hydrogen (secondary N) is 1. The van der Waals surface area contributed by atoms with Crippen LogP contribution in [0.25, 0.3) is 0 Å². The average Bonchev–Trinajstić information content (AvgIpc) is 2.66. The van der Waals surface area contributed by atoms with E-state index in [4.69, 9.17) is 4.74 Å². The first-order chi connectivity index (χ1) is 13.3. The average molecular weight is 404 g/mol. The topological polar surface area (TPSA) is 72.5 Å². The first-order valence-corrected chi connectivity index (χ1v) is 11.3.